The van der Waals surface area contributed by atoms with Crippen molar-refractivity contribution in [3.63, 3.8) is 0 Å². The van der Waals surface area contributed by atoms with Crippen LogP contribution in [0.1, 0.15) is 24.8 Å². The average Bonchev–Trinajstić information content (AvgIpc) is 3.02. The van der Waals surface area contributed by atoms with Crippen molar-refractivity contribution < 1.29 is 19.4 Å². The van der Waals surface area contributed by atoms with Crippen molar-refractivity contribution in [1.29, 1.82) is 0 Å². The third kappa shape index (κ3) is 6.42. The van der Waals surface area contributed by atoms with E-state index in [1.54, 1.807) is 6.07 Å². The van der Waals surface area contributed by atoms with E-state index in [2.05, 4.69) is 23.0 Å². The third-order valence-electron chi connectivity index (χ3n) is 4.21. The molecule has 0 aliphatic heterocycles. The average molecular weight is 370 g/mol. The molecule has 0 fully saturated rings. The molecule has 1 aromatic heterocycles. The fourth-order valence-electron chi connectivity index (χ4n) is 2.90. The second-order valence-electron chi connectivity index (χ2n) is 6.33. The lowest BCUT2D eigenvalue weighted by Crippen LogP contribution is -2.26. The van der Waals surface area contributed by atoms with Gasteiger partial charge in [-0.25, -0.2) is 0 Å². The topological polar surface area (TPSA) is 82.6 Å². The first-order valence-electron chi connectivity index (χ1n) is 9.00. The van der Waals surface area contributed by atoms with Crippen molar-refractivity contribution in [3.8, 4) is 5.75 Å². The number of ether oxygens (including phenoxy) is 1. The summed E-state index contributed by atoms with van der Waals surface area (Å²) in [5.41, 5.74) is 2.13. The lowest BCUT2D eigenvalue weighted by Gasteiger charge is -2.18. The van der Waals surface area contributed by atoms with E-state index in [1.807, 2.05) is 30.5 Å². The third-order valence-corrected chi connectivity index (χ3v) is 4.21. The number of hydrogen-bond donors (Lipinski definition) is 2. The second kappa shape index (κ2) is 10.3. The lowest BCUT2D eigenvalue weighted by atomic mass is 10.1. The fraction of sp³-hybridized carbons (Fsp3) is 0.333. The van der Waals surface area contributed by atoms with Crippen molar-refractivity contribution in [3.05, 3.63) is 55.3 Å². The zero-order chi connectivity index (χ0) is 19.6. The largest absolute Gasteiger partial charge is 0.481 e. The Morgan fingerprint density at radius 3 is 2.59 bits per heavy atom. The monoisotopic (exact) mass is 370 g/mol. The van der Waals surface area contributed by atoms with Gasteiger partial charge in [-0.05, 0) is 36.6 Å². The summed E-state index contributed by atoms with van der Waals surface area (Å²) in [6.45, 7) is 10.0. The maximum absolute atomic E-state index is 11.9. The minimum Gasteiger partial charge on any atom is -0.481 e. The molecule has 1 heterocycles. The number of H-pyrrole nitrogens is 1. The molecule has 144 valence electrons. The molecule has 0 aliphatic rings. The van der Waals surface area contributed by atoms with Crippen LogP contribution in [0, 0.1) is 0 Å². The fourth-order valence-corrected chi connectivity index (χ4v) is 2.90. The number of aliphatic carboxylic acids is 1. The molecule has 0 unspecified atom stereocenters. The normalized spacial score (nSPS) is 10.9. The van der Waals surface area contributed by atoms with Crippen LogP contribution >= 0.6 is 0 Å². The zero-order valence-corrected chi connectivity index (χ0v) is 15.4. The van der Waals surface area contributed by atoms with Gasteiger partial charge in [-0.15, -0.1) is 13.2 Å². The van der Waals surface area contributed by atoms with Gasteiger partial charge in [-0.1, -0.05) is 12.2 Å². The van der Waals surface area contributed by atoms with Gasteiger partial charge in [0.15, 0.2) is 0 Å². The molecule has 0 radical (unpaired) electrons. The van der Waals surface area contributed by atoms with Gasteiger partial charge in [0.25, 0.3) is 0 Å². The molecule has 27 heavy (non-hydrogen) atoms. The SMILES string of the molecule is C=CCN(CC=C)CCc1c[nH]c2ccc(OC(=O)CCCC(=O)O)cc12. The Hall–Kier alpha value is -2.86. The number of nitrogens with zero attached hydrogens (tertiary/aromatic N) is 1. The number of benzene rings is 1. The standard InChI is InChI=1S/C21H26N2O4/c1-3-11-23(12-4-2)13-10-16-15-22-19-9-8-17(14-18(16)19)27-21(26)7-5-6-20(24)25/h3-4,8-9,14-15,22H,1-2,5-7,10-13H2,(H,24,25). The summed E-state index contributed by atoms with van der Waals surface area (Å²) in [6.07, 6.45) is 6.89. The number of esters is 1. The Morgan fingerprint density at radius 1 is 1.19 bits per heavy atom. The highest BCUT2D eigenvalue weighted by Gasteiger charge is 2.10. The summed E-state index contributed by atoms with van der Waals surface area (Å²) in [7, 11) is 0. The maximum atomic E-state index is 11.9. The van der Waals surface area contributed by atoms with Crippen LogP contribution in [0.25, 0.3) is 10.9 Å². The first-order chi connectivity index (χ1) is 13.0. The molecule has 0 saturated carbocycles. The predicted molar refractivity (Wildman–Crippen MR) is 106 cm³/mol. The van der Waals surface area contributed by atoms with Crippen molar-refractivity contribution in [1.82, 2.24) is 9.88 Å². The number of aromatic amines is 1. The molecule has 2 rings (SSSR count). The van der Waals surface area contributed by atoms with Gasteiger partial charge in [0.05, 0.1) is 0 Å². The molecule has 0 spiro atoms. The van der Waals surface area contributed by atoms with E-state index in [-0.39, 0.29) is 19.3 Å². The molecule has 0 bridgehead atoms. The number of carbonyl (C=O) groups is 2. The number of carboxylic acid groups (broad SMARTS) is 1. The minimum absolute atomic E-state index is 0.0397. The van der Waals surface area contributed by atoms with E-state index in [0.717, 1.165) is 42.5 Å². The van der Waals surface area contributed by atoms with Gasteiger partial charge < -0.3 is 14.8 Å². The van der Waals surface area contributed by atoms with Crippen LogP contribution in [0.2, 0.25) is 0 Å². The molecule has 0 aliphatic carbocycles. The Kier molecular flexibility index (Phi) is 7.82. The summed E-state index contributed by atoms with van der Waals surface area (Å²) < 4.78 is 5.35. The van der Waals surface area contributed by atoms with Gasteiger partial charge in [-0.3, -0.25) is 14.5 Å². The number of carboxylic acids is 1. The van der Waals surface area contributed by atoms with Crippen LogP contribution < -0.4 is 4.74 Å². The molecule has 6 heteroatoms. The van der Waals surface area contributed by atoms with Crippen LogP contribution in [0.3, 0.4) is 0 Å². The van der Waals surface area contributed by atoms with Gasteiger partial charge in [0.1, 0.15) is 5.75 Å². The number of fused-ring (bicyclic) bond motifs is 1. The van der Waals surface area contributed by atoms with Crippen LogP contribution in [0.5, 0.6) is 5.75 Å². The first kappa shape index (κ1) is 20.5. The molecule has 6 nitrogen and oxygen atoms in total. The van der Waals surface area contributed by atoms with E-state index in [0.29, 0.717) is 5.75 Å². The van der Waals surface area contributed by atoms with Crippen LogP contribution in [-0.2, 0) is 16.0 Å². The molecule has 0 saturated heterocycles. The van der Waals surface area contributed by atoms with Gasteiger partial charge >= 0.3 is 11.9 Å². The van der Waals surface area contributed by atoms with Crippen LogP contribution in [-0.4, -0.2) is 46.6 Å². The van der Waals surface area contributed by atoms with E-state index < -0.39 is 11.9 Å². The quantitative estimate of drug-likeness (QED) is 0.339. The number of rotatable bonds is 12. The Labute approximate surface area is 159 Å². The minimum atomic E-state index is -0.914. The van der Waals surface area contributed by atoms with Crippen molar-refractivity contribution in [2.75, 3.05) is 19.6 Å². The summed E-state index contributed by atoms with van der Waals surface area (Å²) in [5, 5.41) is 9.64. The highest BCUT2D eigenvalue weighted by molar-refractivity contribution is 5.85. The molecular formula is C21H26N2O4. The van der Waals surface area contributed by atoms with Crippen molar-refractivity contribution in [2.24, 2.45) is 0 Å². The van der Waals surface area contributed by atoms with Crippen LogP contribution in [0.15, 0.2) is 49.7 Å². The Balaban J connectivity index is 2.02. The van der Waals surface area contributed by atoms with Crippen molar-refractivity contribution >= 4 is 22.8 Å². The molecular weight excluding hydrogens is 344 g/mol. The summed E-state index contributed by atoms with van der Waals surface area (Å²) >= 11 is 0. The number of carbonyl (C=O) groups excluding carboxylic acids is 1. The molecule has 0 atom stereocenters. The van der Waals surface area contributed by atoms with E-state index in [1.165, 1.54) is 0 Å². The molecule has 1 aromatic carbocycles. The van der Waals surface area contributed by atoms with E-state index in [4.69, 9.17) is 9.84 Å². The summed E-state index contributed by atoms with van der Waals surface area (Å²) in [5.74, 6) is -0.864. The number of hydrogen-bond acceptors (Lipinski definition) is 4. The van der Waals surface area contributed by atoms with Gasteiger partial charge in [0, 0.05) is 49.6 Å². The molecule has 2 aromatic rings. The summed E-state index contributed by atoms with van der Waals surface area (Å²) in [6, 6.07) is 5.46. The molecule has 2 N–H and O–H groups in total. The summed E-state index contributed by atoms with van der Waals surface area (Å²) in [4.78, 5) is 27.9. The van der Waals surface area contributed by atoms with Crippen LogP contribution in [0.4, 0.5) is 0 Å². The highest BCUT2D eigenvalue weighted by atomic mass is 16.5. The predicted octanol–water partition coefficient (Wildman–Crippen LogP) is 3.54. The number of nitrogens with one attached hydrogen (secondary N) is 1. The van der Waals surface area contributed by atoms with E-state index >= 15 is 0 Å². The van der Waals surface area contributed by atoms with E-state index in [9.17, 15) is 9.59 Å². The highest BCUT2D eigenvalue weighted by Crippen LogP contribution is 2.24. The van der Waals surface area contributed by atoms with Crippen molar-refractivity contribution in [2.45, 2.75) is 25.7 Å². The molecule has 0 amide bonds. The first-order valence-corrected chi connectivity index (χ1v) is 9.00. The smallest absolute Gasteiger partial charge is 0.311 e. The maximum Gasteiger partial charge on any atom is 0.311 e. The lowest BCUT2D eigenvalue weighted by molar-refractivity contribution is -0.137. The van der Waals surface area contributed by atoms with Gasteiger partial charge in [-0.2, -0.15) is 0 Å². The Morgan fingerprint density at radius 2 is 1.93 bits per heavy atom. The zero-order valence-electron chi connectivity index (χ0n) is 15.4. The Bertz CT molecular complexity index is 800. The van der Waals surface area contributed by atoms with Gasteiger partial charge in [0.2, 0.25) is 0 Å². The number of aromatic nitrogens is 1. The second-order valence-corrected chi connectivity index (χ2v) is 6.33.